The lowest BCUT2D eigenvalue weighted by molar-refractivity contribution is 0.0953. The Balaban J connectivity index is 1.92. The van der Waals surface area contributed by atoms with Gasteiger partial charge in [0.05, 0.1) is 5.38 Å². The van der Waals surface area contributed by atoms with E-state index in [9.17, 15) is 4.79 Å². The number of amides is 1. The number of halogens is 2. The highest BCUT2D eigenvalue weighted by atomic mass is 35.5. The van der Waals surface area contributed by atoms with Crippen LogP contribution in [0.2, 0.25) is 5.02 Å². The predicted molar refractivity (Wildman–Crippen MR) is 78.8 cm³/mol. The minimum absolute atomic E-state index is 0.154. The van der Waals surface area contributed by atoms with E-state index in [4.69, 9.17) is 23.2 Å². The molecule has 0 bridgehead atoms. The molecule has 0 aliphatic heterocycles. The third kappa shape index (κ3) is 3.98. The summed E-state index contributed by atoms with van der Waals surface area (Å²) in [5, 5.41) is 3.17. The SMILES string of the molecule is O=C(NCC(Cl)c1ccccc1)c1ccc(Cl)cc1. The summed E-state index contributed by atoms with van der Waals surface area (Å²) in [4.78, 5) is 11.9. The van der Waals surface area contributed by atoms with Gasteiger partial charge in [-0.05, 0) is 29.8 Å². The summed E-state index contributed by atoms with van der Waals surface area (Å²) in [7, 11) is 0. The van der Waals surface area contributed by atoms with Crippen LogP contribution >= 0.6 is 23.2 Å². The fraction of sp³-hybridized carbons (Fsp3) is 0.133. The third-order valence-electron chi connectivity index (χ3n) is 2.71. The lowest BCUT2D eigenvalue weighted by Crippen LogP contribution is -2.26. The molecule has 0 spiro atoms. The van der Waals surface area contributed by atoms with Crippen LogP contribution in [0.1, 0.15) is 21.3 Å². The molecule has 19 heavy (non-hydrogen) atoms. The van der Waals surface area contributed by atoms with E-state index in [0.717, 1.165) is 5.56 Å². The number of alkyl halides is 1. The highest BCUT2D eigenvalue weighted by Crippen LogP contribution is 2.18. The van der Waals surface area contributed by atoms with Gasteiger partial charge in [0.1, 0.15) is 0 Å². The van der Waals surface area contributed by atoms with Crippen molar-refractivity contribution in [3.05, 3.63) is 70.7 Å². The van der Waals surface area contributed by atoms with Crippen LogP contribution in [0.25, 0.3) is 0 Å². The van der Waals surface area contributed by atoms with E-state index in [1.807, 2.05) is 30.3 Å². The molecule has 0 saturated carbocycles. The quantitative estimate of drug-likeness (QED) is 0.847. The fourth-order valence-corrected chi connectivity index (χ4v) is 2.01. The summed E-state index contributed by atoms with van der Waals surface area (Å²) >= 11 is 12.0. The summed E-state index contributed by atoms with van der Waals surface area (Å²) in [6, 6.07) is 16.4. The van der Waals surface area contributed by atoms with Crippen molar-refractivity contribution in [1.82, 2.24) is 5.32 Å². The number of rotatable bonds is 4. The van der Waals surface area contributed by atoms with Crippen molar-refractivity contribution >= 4 is 29.1 Å². The van der Waals surface area contributed by atoms with Crippen LogP contribution in [0.15, 0.2) is 54.6 Å². The lowest BCUT2D eigenvalue weighted by atomic mass is 10.1. The molecule has 0 radical (unpaired) electrons. The van der Waals surface area contributed by atoms with E-state index in [-0.39, 0.29) is 11.3 Å². The molecule has 98 valence electrons. The van der Waals surface area contributed by atoms with Crippen LogP contribution < -0.4 is 5.32 Å². The zero-order valence-electron chi connectivity index (χ0n) is 10.1. The van der Waals surface area contributed by atoms with Gasteiger partial charge in [-0.3, -0.25) is 4.79 Å². The molecule has 2 rings (SSSR count). The van der Waals surface area contributed by atoms with E-state index in [2.05, 4.69) is 5.32 Å². The zero-order chi connectivity index (χ0) is 13.7. The van der Waals surface area contributed by atoms with Gasteiger partial charge in [-0.15, -0.1) is 11.6 Å². The van der Waals surface area contributed by atoms with Crippen molar-refractivity contribution in [1.29, 1.82) is 0 Å². The third-order valence-corrected chi connectivity index (χ3v) is 3.37. The molecule has 0 aliphatic rings. The second-order valence-corrected chi connectivity index (χ2v) is 5.06. The van der Waals surface area contributed by atoms with E-state index in [1.165, 1.54) is 0 Å². The molecule has 4 heteroatoms. The smallest absolute Gasteiger partial charge is 0.251 e. The minimum atomic E-state index is -0.238. The second kappa shape index (κ2) is 6.60. The first-order chi connectivity index (χ1) is 9.16. The predicted octanol–water partition coefficient (Wildman–Crippen LogP) is 4.05. The Morgan fingerprint density at radius 3 is 2.32 bits per heavy atom. The van der Waals surface area contributed by atoms with E-state index in [1.54, 1.807) is 24.3 Å². The Morgan fingerprint density at radius 2 is 1.68 bits per heavy atom. The van der Waals surface area contributed by atoms with Crippen molar-refractivity contribution in [2.45, 2.75) is 5.38 Å². The van der Waals surface area contributed by atoms with Gasteiger partial charge in [-0.25, -0.2) is 0 Å². The largest absolute Gasteiger partial charge is 0.350 e. The highest BCUT2D eigenvalue weighted by Gasteiger charge is 2.10. The summed E-state index contributed by atoms with van der Waals surface area (Å²) in [6.07, 6.45) is 0. The zero-order valence-corrected chi connectivity index (χ0v) is 11.7. The van der Waals surface area contributed by atoms with Crippen molar-refractivity contribution in [2.75, 3.05) is 6.54 Å². The van der Waals surface area contributed by atoms with Gasteiger partial charge in [-0.1, -0.05) is 41.9 Å². The average molecular weight is 294 g/mol. The molecule has 1 unspecified atom stereocenters. The van der Waals surface area contributed by atoms with Crippen molar-refractivity contribution in [3.63, 3.8) is 0 Å². The number of hydrogen-bond acceptors (Lipinski definition) is 1. The molecule has 2 nitrogen and oxygen atoms in total. The molecule has 1 atom stereocenters. The van der Waals surface area contributed by atoms with Crippen molar-refractivity contribution in [2.24, 2.45) is 0 Å². The summed E-state index contributed by atoms with van der Waals surface area (Å²) in [5.74, 6) is -0.154. The van der Waals surface area contributed by atoms with E-state index in [0.29, 0.717) is 17.1 Å². The highest BCUT2D eigenvalue weighted by molar-refractivity contribution is 6.30. The fourth-order valence-electron chi connectivity index (χ4n) is 1.67. The molecule has 0 heterocycles. The monoisotopic (exact) mass is 293 g/mol. The minimum Gasteiger partial charge on any atom is -0.350 e. The molecule has 0 aromatic heterocycles. The number of carbonyl (C=O) groups excluding carboxylic acids is 1. The maximum Gasteiger partial charge on any atom is 0.251 e. The van der Waals surface area contributed by atoms with Crippen molar-refractivity contribution in [3.8, 4) is 0 Å². The van der Waals surface area contributed by atoms with Gasteiger partial charge in [0.2, 0.25) is 0 Å². The van der Waals surface area contributed by atoms with Crippen molar-refractivity contribution < 1.29 is 4.79 Å². The standard InChI is InChI=1S/C15H13Cl2NO/c16-13-8-6-12(7-9-13)15(19)18-10-14(17)11-4-2-1-3-5-11/h1-9,14H,10H2,(H,18,19). The van der Waals surface area contributed by atoms with Gasteiger partial charge in [0.25, 0.3) is 5.91 Å². The number of hydrogen-bond donors (Lipinski definition) is 1. The molecular formula is C15H13Cl2NO. The van der Waals surface area contributed by atoms with Gasteiger partial charge in [-0.2, -0.15) is 0 Å². The molecule has 0 saturated heterocycles. The van der Waals surface area contributed by atoms with Crippen LogP contribution in [0.3, 0.4) is 0 Å². The molecule has 1 N–H and O–H groups in total. The van der Waals surface area contributed by atoms with Gasteiger partial charge in [0, 0.05) is 17.1 Å². The molecule has 1 amide bonds. The Hall–Kier alpha value is -1.51. The maximum absolute atomic E-state index is 11.9. The maximum atomic E-state index is 11.9. The van der Waals surface area contributed by atoms with Gasteiger partial charge >= 0.3 is 0 Å². The second-order valence-electron chi connectivity index (χ2n) is 4.10. The first-order valence-corrected chi connectivity index (χ1v) is 6.71. The number of carbonyl (C=O) groups is 1. The Bertz CT molecular complexity index is 540. The Morgan fingerprint density at radius 1 is 1.05 bits per heavy atom. The van der Waals surface area contributed by atoms with Crippen LogP contribution in [-0.4, -0.2) is 12.5 Å². The molecule has 2 aromatic rings. The summed E-state index contributed by atoms with van der Waals surface area (Å²) in [6.45, 7) is 0.382. The Kier molecular flexibility index (Phi) is 4.83. The first-order valence-electron chi connectivity index (χ1n) is 5.89. The lowest BCUT2D eigenvalue weighted by Gasteiger charge is -2.11. The van der Waals surface area contributed by atoms with Crippen LogP contribution in [-0.2, 0) is 0 Å². The van der Waals surface area contributed by atoms with Crippen LogP contribution in [0.4, 0.5) is 0 Å². The van der Waals surface area contributed by atoms with Crippen LogP contribution in [0.5, 0.6) is 0 Å². The summed E-state index contributed by atoms with van der Waals surface area (Å²) in [5.41, 5.74) is 1.56. The molecule has 0 fully saturated rings. The van der Waals surface area contributed by atoms with Gasteiger partial charge in [0.15, 0.2) is 0 Å². The number of benzene rings is 2. The summed E-state index contributed by atoms with van der Waals surface area (Å²) < 4.78 is 0. The van der Waals surface area contributed by atoms with Crippen LogP contribution in [0, 0.1) is 0 Å². The molecular weight excluding hydrogens is 281 g/mol. The average Bonchev–Trinajstić information content (AvgIpc) is 2.46. The topological polar surface area (TPSA) is 29.1 Å². The van der Waals surface area contributed by atoms with E-state index < -0.39 is 0 Å². The molecule has 2 aromatic carbocycles. The molecule has 0 aliphatic carbocycles. The normalized spacial score (nSPS) is 11.9. The van der Waals surface area contributed by atoms with E-state index >= 15 is 0 Å². The van der Waals surface area contributed by atoms with Gasteiger partial charge < -0.3 is 5.32 Å². The first kappa shape index (κ1) is 13.9. The Labute approximate surface area is 122 Å². The number of nitrogens with one attached hydrogen (secondary N) is 1.